The van der Waals surface area contributed by atoms with Crippen LogP contribution in [0.1, 0.15) is 62.2 Å². The molecule has 1 saturated heterocycles. The van der Waals surface area contributed by atoms with Gasteiger partial charge in [-0.15, -0.1) is 11.8 Å². The van der Waals surface area contributed by atoms with Gasteiger partial charge in [-0.25, -0.2) is 0 Å². The lowest BCUT2D eigenvalue weighted by molar-refractivity contribution is -0.125. The van der Waals surface area contributed by atoms with Gasteiger partial charge < -0.3 is 10.2 Å². The summed E-state index contributed by atoms with van der Waals surface area (Å²) in [5.41, 5.74) is 0.417. The monoisotopic (exact) mass is 442 g/mol. The van der Waals surface area contributed by atoms with Gasteiger partial charge >= 0.3 is 0 Å². The molecule has 28 heavy (non-hydrogen) atoms. The van der Waals surface area contributed by atoms with Gasteiger partial charge in [0, 0.05) is 17.3 Å². The van der Waals surface area contributed by atoms with Gasteiger partial charge in [-0.1, -0.05) is 55.8 Å². The number of benzene rings is 1. The first kappa shape index (κ1) is 21.8. The van der Waals surface area contributed by atoms with Crippen molar-refractivity contribution in [3.05, 3.63) is 33.8 Å². The van der Waals surface area contributed by atoms with Crippen molar-refractivity contribution in [3.63, 3.8) is 0 Å². The SMILES string of the molecule is CCCCNC(=O)C1CSC(C2CCCCC2)N1C(=O)c1ccc(Cl)cc1Cl. The van der Waals surface area contributed by atoms with Crippen molar-refractivity contribution in [1.29, 1.82) is 0 Å². The minimum Gasteiger partial charge on any atom is -0.354 e. The predicted octanol–water partition coefficient (Wildman–Crippen LogP) is 5.37. The summed E-state index contributed by atoms with van der Waals surface area (Å²) in [7, 11) is 0. The zero-order valence-electron chi connectivity index (χ0n) is 16.3. The van der Waals surface area contributed by atoms with E-state index in [2.05, 4.69) is 12.2 Å². The zero-order chi connectivity index (χ0) is 20.1. The Kier molecular flexibility index (Phi) is 7.95. The average Bonchev–Trinajstić information content (AvgIpc) is 3.13. The maximum Gasteiger partial charge on any atom is 0.256 e. The Bertz CT molecular complexity index is 710. The Hall–Kier alpha value is -0.910. The van der Waals surface area contributed by atoms with E-state index in [1.165, 1.54) is 19.3 Å². The van der Waals surface area contributed by atoms with Gasteiger partial charge in [-0.2, -0.15) is 0 Å². The molecule has 2 aliphatic rings. The third-order valence-electron chi connectivity index (χ3n) is 5.62. The molecule has 1 aromatic carbocycles. The molecule has 2 fully saturated rings. The van der Waals surface area contributed by atoms with Gasteiger partial charge in [0.2, 0.25) is 5.91 Å². The number of hydrogen-bond donors (Lipinski definition) is 1. The second-order valence-corrected chi connectivity index (χ2v) is 9.61. The van der Waals surface area contributed by atoms with Gasteiger partial charge in [0.1, 0.15) is 6.04 Å². The summed E-state index contributed by atoms with van der Waals surface area (Å²) < 4.78 is 0. The van der Waals surface area contributed by atoms with E-state index < -0.39 is 6.04 Å². The molecule has 2 atom stereocenters. The Morgan fingerprint density at radius 1 is 1.21 bits per heavy atom. The second-order valence-electron chi connectivity index (χ2n) is 7.62. The summed E-state index contributed by atoms with van der Waals surface area (Å²) in [5.74, 6) is 0.841. The highest BCUT2D eigenvalue weighted by Gasteiger charge is 2.45. The zero-order valence-corrected chi connectivity index (χ0v) is 18.6. The lowest BCUT2D eigenvalue weighted by atomic mass is 9.88. The van der Waals surface area contributed by atoms with Crippen molar-refractivity contribution < 1.29 is 9.59 Å². The van der Waals surface area contributed by atoms with Gasteiger partial charge in [-0.05, 0) is 43.4 Å². The molecular weight excluding hydrogens is 415 g/mol. The molecule has 1 heterocycles. The Morgan fingerprint density at radius 2 is 1.96 bits per heavy atom. The molecule has 1 saturated carbocycles. The highest BCUT2D eigenvalue weighted by atomic mass is 35.5. The first-order chi connectivity index (χ1) is 13.5. The lowest BCUT2D eigenvalue weighted by Gasteiger charge is -2.35. The van der Waals surface area contributed by atoms with Crippen LogP contribution in [0.15, 0.2) is 18.2 Å². The summed E-state index contributed by atoms with van der Waals surface area (Å²) in [6.07, 6.45) is 7.82. The molecule has 0 bridgehead atoms. The Labute approximate surface area is 181 Å². The third-order valence-corrected chi connectivity index (χ3v) is 7.63. The molecule has 2 unspecified atom stereocenters. The summed E-state index contributed by atoms with van der Waals surface area (Å²) in [6, 6.07) is 4.48. The second kappa shape index (κ2) is 10.2. The average molecular weight is 443 g/mol. The minimum atomic E-state index is -0.451. The first-order valence-corrected chi connectivity index (χ1v) is 12.0. The van der Waals surface area contributed by atoms with Crippen LogP contribution in [0, 0.1) is 5.92 Å². The van der Waals surface area contributed by atoms with E-state index in [1.807, 2.05) is 0 Å². The first-order valence-electron chi connectivity index (χ1n) is 10.2. The fraction of sp³-hybridized carbons (Fsp3) is 0.619. The number of rotatable bonds is 6. The van der Waals surface area contributed by atoms with Crippen molar-refractivity contribution in [2.45, 2.75) is 63.3 Å². The van der Waals surface area contributed by atoms with Crippen LogP contribution >= 0.6 is 35.0 Å². The summed E-state index contributed by atoms with van der Waals surface area (Å²) in [4.78, 5) is 28.1. The van der Waals surface area contributed by atoms with E-state index in [0.717, 1.165) is 25.7 Å². The molecule has 0 spiro atoms. The molecule has 7 heteroatoms. The minimum absolute atomic E-state index is 0.0291. The number of carbonyl (C=O) groups excluding carboxylic acids is 2. The van der Waals surface area contributed by atoms with E-state index in [4.69, 9.17) is 23.2 Å². The molecule has 154 valence electrons. The summed E-state index contributed by atoms with van der Waals surface area (Å²) in [6.45, 7) is 2.74. The molecule has 4 nitrogen and oxygen atoms in total. The van der Waals surface area contributed by atoms with Crippen LogP contribution in [0.4, 0.5) is 0 Å². The molecule has 1 aromatic rings. The van der Waals surface area contributed by atoms with E-state index >= 15 is 0 Å². The number of halogens is 2. The van der Waals surface area contributed by atoms with Crippen molar-refractivity contribution in [2.24, 2.45) is 5.92 Å². The largest absolute Gasteiger partial charge is 0.354 e. The highest BCUT2D eigenvalue weighted by Crippen LogP contribution is 2.41. The molecule has 1 aliphatic carbocycles. The molecular formula is C21H28Cl2N2O2S. The number of amides is 2. The number of nitrogens with zero attached hydrogens (tertiary/aromatic N) is 1. The fourth-order valence-electron chi connectivity index (χ4n) is 4.08. The van der Waals surface area contributed by atoms with Gasteiger partial charge in [-0.3, -0.25) is 9.59 Å². The molecule has 1 N–H and O–H groups in total. The van der Waals surface area contributed by atoms with Crippen LogP contribution in [-0.2, 0) is 4.79 Å². The molecule has 3 rings (SSSR count). The van der Waals surface area contributed by atoms with Crippen LogP contribution in [0.25, 0.3) is 0 Å². The van der Waals surface area contributed by atoms with E-state index in [9.17, 15) is 9.59 Å². The van der Waals surface area contributed by atoms with Crippen LogP contribution in [0.3, 0.4) is 0 Å². The van der Waals surface area contributed by atoms with Gasteiger partial charge in [0.25, 0.3) is 5.91 Å². The van der Waals surface area contributed by atoms with Crippen molar-refractivity contribution >= 4 is 46.8 Å². The van der Waals surface area contributed by atoms with Gasteiger partial charge in [0.05, 0.1) is 16.0 Å². The fourth-order valence-corrected chi connectivity index (χ4v) is 6.21. The van der Waals surface area contributed by atoms with E-state index in [-0.39, 0.29) is 17.2 Å². The predicted molar refractivity (Wildman–Crippen MR) is 117 cm³/mol. The Balaban J connectivity index is 1.85. The van der Waals surface area contributed by atoms with E-state index in [1.54, 1.807) is 34.9 Å². The van der Waals surface area contributed by atoms with Crippen LogP contribution in [0.5, 0.6) is 0 Å². The van der Waals surface area contributed by atoms with Crippen molar-refractivity contribution in [3.8, 4) is 0 Å². The highest BCUT2D eigenvalue weighted by molar-refractivity contribution is 8.00. The van der Waals surface area contributed by atoms with Crippen LogP contribution in [-0.4, -0.2) is 40.4 Å². The van der Waals surface area contributed by atoms with Gasteiger partial charge in [0.15, 0.2) is 0 Å². The lowest BCUT2D eigenvalue weighted by Crippen LogP contribution is -2.51. The summed E-state index contributed by atoms with van der Waals surface area (Å²) in [5, 5.41) is 3.87. The summed E-state index contributed by atoms with van der Waals surface area (Å²) >= 11 is 14.1. The normalized spacial score (nSPS) is 23.0. The third kappa shape index (κ3) is 4.98. The van der Waals surface area contributed by atoms with E-state index in [0.29, 0.717) is 33.8 Å². The maximum absolute atomic E-state index is 13.5. The molecule has 0 aromatic heterocycles. The number of thioether (sulfide) groups is 1. The number of hydrogen-bond acceptors (Lipinski definition) is 3. The molecule has 1 aliphatic heterocycles. The standard InChI is InChI=1S/C21H28Cl2N2O2S/c1-2-3-11-24-19(26)18-13-28-21(14-7-5-4-6-8-14)25(18)20(27)16-10-9-15(22)12-17(16)23/h9-10,12,14,18,21H,2-8,11,13H2,1H3,(H,24,26). The van der Waals surface area contributed by atoms with Crippen LogP contribution < -0.4 is 5.32 Å². The number of unbranched alkanes of at least 4 members (excludes halogenated alkanes) is 1. The van der Waals surface area contributed by atoms with Crippen molar-refractivity contribution in [2.75, 3.05) is 12.3 Å². The Morgan fingerprint density at radius 3 is 2.64 bits per heavy atom. The van der Waals surface area contributed by atoms with Crippen LogP contribution in [0.2, 0.25) is 10.0 Å². The number of nitrogens with one attached hydrogen (secondary N) is 1. The topological polar surface area (TPSA) is 49.4 Å². The van der Waals surface area contributed by atoms with Crippen molar-refractivity contribution in [1.82, 2.24) is 10.2 Å². The number of carbonyl (C=O) groups is 2. The maximum atomic E-state index is 13.5. The molecule has 2 amide bonds. The smallest absolute Gasteiger partial charge is 0.256 e. The quantitative estimate of drug-likeness (QED) is 0.601. The molecule has 0 radical (unpaired) electrons.